The first-order valence-electron chi connectivity index (χ1n) is 8.96. The highest BCUT2D eigenvalue weighted by molar-refractivity contribution is 6.33. The molecular formula is C22H15ClFN3O3. The van der Waals surface area contributed by atoms with Crippen molar-refractivity contribution in [3.05, 3.63) is 83.6 Å². The Morgan fingerprint density at radius 1 is 1.03 bits per heavy atom. The van der Waals surface area contributed by atoms with Crippen LogP contribution in [0.4, 0.5) is 10.1 Å². The quantitative estimate of drug-likeness (QED) is 0.460. The van der Waals surface area contributed by atoms with Crippen LogP contribution in [0.15, 0.2) is 77.3 Å². The van der Waals surface area contributed by atoms with Gasteiger partial charge in [0.15, 0.2) is 6.61 Å². The number of anilines is 1. The number of rotatable bonds is 6. The van der Waals surface area contributed by atoms with Crippen LogP contribution in [-0.4, -0.2) is 22.7 Å². The van der Waals surface area contributed by atoms with Gasteiger partial charge >= 0.3 is 0 Å². The van der Waals surface area contributed by atoms with Gasteiger partial charge in [0.1, 0.15) is 11.6 Å². The van der Waals surface area contributed by atoms with E-state index in [1.54, 1.807) is 60.7 Å². The standard InChI is InChI=1S/C22H15ClFN3O3/c23-18-6-1-2-7-19(18)25-20(28)13-29-17-5-3-4-15(12-17)21-26-22(30-27-21)14-8-10-16(24)11-9-14/h1-12H,13H2,(H,25,28). The SMILES string of the molecule is O=C(COc1cccc(-c2noc(-c3ccc(F)cc3)n2)c1)Nc1ccccc1Cl. The van der Waals surface area contributed by atoms with Gasteiger partial charge in [0.05, 0.1) is 10.7 Å². The summed E-state index contributed by atoms with van der Waals surface area (Å²) in [5, 5.41) is 7.09. The second kappa shape index (κ2) is 8.75. The van der Waals surface area contributed by atoms with Crippen LogP contribution in [0.2, 0.25) is 5.02 Å². The van der Waals surface area contributed by atoms with Gasteiger partial charge in [0.25, 0.3) is 11.8 Å². The average molecular weight is 424 g/mol. The van der Waals surface area contributed by atoms with Crippen LogP contribution in [0.3, 0.4) is 0 Å². The number of ether oxygens (including phenoxy) is 1. The van der Waals surface area contributed by atoms with Crippen molar-refractivity contribution in [2.24, 2.45) is 0 Å². The van der Waals surface area contributed by atoms with E-state index in [9.17, 15) is 9.18 Å². The fourth-order valence-corrected chi connectivity index (χ4v) is 2.86. The molecule has 6 nitrogen and oxygen atoms in total. The second-order valence-corrected chi connectivity index (χ2v) is 6.68. The van der Waals surface area contributed by atoms with Crippen molar-refractivity contribution >= 4 is 23.2 Å². The summed E-state index contributed by atoms with van der Waals surface area (Å²) in [6.07, 6.45) is 0. The Kier molecular flexibility index (Phi) is 5.72. The molecule has 0 atom stereocenters. The molecule has 0 aliphatic rings. The number of carbonyl (C=O) groups is 1. The molecule has 4 aromatic rings. The van der Waals surface area contributed by atoms with Crippen molar-refractivity contribution in [1.29, 1.82) is 0 Å². The van der Waals surface area contributed by atoms with Crippen molar-refractivity contribution in [3.8, 4) is 28.6 Å². The number of benzene rings is 3. The van der Waals surface area contributed by atoms with Gasteiger partial charge in [-0.2, -0.15) is 4.98 Å². The molecular weight excluding hydrogens is 409 g/mol. The summed E-state index contributed by atoms with van der Waals surface area (Å²) in [6.45, 7) is -0.193. The molecule has 1 heterocycles. The van der Waals surface area contributed by atoms with Crippen LogP contribution in [0.1, 0.15) is 0 Å². The number of hydrogen-bond donors (Lipinski definition) is 1. The summed E-state index contributed by atoms with van der Waals surface area (Å²) in [4.78, 5) is 16.4. The Hall–Kier alpha value is -3.71. The van der Waals surface area contributed by atoms with E-state index in [1.807, 2.05) is 0 Å². The van der Waals surface area contributed by atoms with Gasteiger partial charge in [0, 0.05) is 11.1 Å². The highest BCUT2D eigenvalue weighted by Crippen LogP contribution is 2.25. The first kappa shape index (κ1) is 19.6. The monoisotopic (exact) mass is 423 g/mol. The number of para-hydroxylation sites is 1. The average Bonchev–Trinajstić information content (AvgIpc) is 3.25. The summed E-state index contributed by atoms with van der Waals surface area (Å²) >= 11 is 6.03. The molecule has 0 aliphatic heterocycles. The minimum atomic E-state index is -0.345. The molecule has 3 aromatic carbocycles. The summed E-state index contributed by atoms with van der Waals surface area (Å²) in [7, 11) is 0. The number of halogens is 2. The molecule has 0 radical (unpaired) electrons. The number of amides is 1. The number of aromatic nitrogens is 2. The summed E-state index contributed by atoms with van der Waals surface area (Å²) in [6, 6.07) is 19.7. The maximum absolute atomic E-state index is 13.1. The predicted molar refractivity (Wildman–Crippen MR) is 111 cm³/mol. The zero-order valence-electron chi connectivity index (χ0n) is 15.5. The third kappa shape index (κ3) is 4.64. The summed E-state index contributed by atoms with van der Waals surface area (Å²) in [5.41, 5.74) is 1.77. The number of hydrogen-bond acceptors (Lipinski definition) is 5. The van der Waals surface area contributed by atoms with E-state index in [2.05, 4.69) is 15.5 Å². The molecule has 1 amide bonds. The Balaban J connectivity index is 1.42. The van der Waals surface area contributed by atoms with Crippen molar-refractivity contribution in [2.45, 2.75) is 0 Å². The lowest BCUT2D eigenvalue weighted by Gasteiger charge is -2.09. The van der Waals surface area contributed by atoms with Crippen LogP contribution < -0.4 is 10.1 Å². The Labute approximate surface area is 176 Å². The van der Waals surface area contributed by atoms with Crippen molar-refractivity contribution < 1.29 is 18.4 Å². The first-order valence-corrected chi connectivity index (χ1v) is 9.33. The van der Waals surface area contributed by atoms with E-state index < -0.39 is 0 Å². The van der Waals surface area contributed by atoms with Crippen LogP contribution in [-0.2, 0) is 4.79 Å². The van der Waals surface area contributed by atoms with Crippen LogP contribution in [0.25, 0.3) is 22.8 Å². The molecule has 0 unspecified atom stereocenters. The summed E-state index contributed by atoms with van der Waals surface area (Å²) < 4.78 is 23.9. The molecule has 1 aromatic heterocycles. The van der Waals surface area contributed by atoms with Gasteiger partial charge in [-0.15, -0.1) is 0 Å². The lowest BCUT2D eigenvalue weighted by molar-refractivity contribution is -0.118. The molecule has 0 spiro atoms. The molecule has 8 heteroatoms. The van der Waals surface area contributed by atoms with E-state index in [-0.39, 0.29) is 24.2 Å². The third-order valence-corrected chi connectivity index (χ3v) is 4.46. The number of nitrogens with one attached hydrogen (secondary N) is 1. The van der Waals surface area contributed by atoms with E-state index >= 15 is 0 Å². The molecule has 150 valence electrons. The molecule has 4 rings (SSSR count). The minimum absolute atomic E-state index is 0.193. The van der Waals surface area contributed by atoms with Gasteiger partial charge in [-0.25, -0.2) is 4.39 Å². The molecule has 0 saturated carbocycles. The molecule has 30 heavy (non-hydrogen) atoms. The van der Waals surface area contributed by atoms with Gasteiger partial charge in [-0.05, 0) is 48.5 Å². The molecule has 0 bridgehead atoms. The lowest BCUT2D eigenvalue weighted by Crippen LogP contribution is -2.20. The van der Waals surface area contributed by atoms with Crippen molar-refractivity contribution in [3.63, 3.8) is 0 Å². The largest absolute Gasteiger partial charge is 0.484 e. The Morgan fingerprint density at radius 2 is 1.83 bits per heavy atom. The van der Waals surface area contributed by atoms with E-state index in [0.29, 0.717) is 33.4 Å². The normalized spacial score (nSPS) is 10.6. The lowest BCUT2D eigenvalue weighted by atomic mass is 10.2. The van der Waals surface area contributed by atoms with Crippen LogP contribution in [0.5, 0.6) is 5.75 Å². The zero-order valence-corrected chi connectivity index (χ0v) is 16.3. The van der Waals surface area contributed by atoms with Crippen molar-refractivity contribution in [1.82, 2.24) is 10.1 Å². The zero-order chi connectivity index (χ0) is 20.9. The van der Waals surface area contributed by atoms with Gasteiger partial charge in [-0.1, -0.05) is 41.0 Å². The Morgan fingerprint density at radius 3 is 2.63 bits per heavy atom. The molecule has 0 saturated heterocycles. The van der Waals surface area contributed by atoms with Gasteiger partial charge in [0.2, 0.25) is 5.82 Å². The molecule has 1 N–H and O–H groups in total. The van der Waals surface area contributed by atoms with Crippen LogP contribution >= 0.6 is 11.6 Å². The minimum Gasteiger partial charge on any atom is -0.484 e. The maximum atomic E-state index is 13.1. The van der Waals surface area contributed by atoms with Crippen LogP contribution in [0, 0.1) is 5.82 Å². The maximum Gasteiger partial charge on any atom is 0.262 e. The second-order valence-electron chi connectivity index (χ2n) is 6.27. The third-order valence-electron chi connectivity index (χ3n) is 4.13. The predicted octanol–water partition coefficient (Wildman–Crippen LogP) is 5.21. The van der Waals surface area contributed by atoms with Crippen molar-refractivity contribution in [2.75, 3.05) is 11.9 Å². The Bertz CT molecular complexity index is 1180. The highest BCUT2D eigenvalue weighted by Gasteiger charge is 2.12. The van der Waals surface area contributed by atoms with E-state index in [4.69, 9.17) is 20.9 Å². The van der Waals surface area contributed by atoms with Gasteiger partial charge < -0.3 is 14.6 Å². The summed E-state index contributed by atoms with van der Waals surface area (Å²) in [5.74, 6) is 0.402. The number of nitrogens with zero attached hydrogens (tertiary/aromatic N) is 2. The van der Waals surface area contributed by atoms with Gasteiger partial charge in [-0.3, -0.25) is 4.79 Å². The fourth-order valence-electron chi connectivity index (χ4n) is 2.67. The van der Waals surface area contributed by atoms with E-state index in [1.165, 1.54) is 12.1 Å². The number of carbonyl (C=O) groups excluding carboxylic acids is 1. The highest BCUT2D eigenvalue weighted by atomic mass is 35.5. The van der Waals surface area contributed by atoms with E-state index in [0.717, 1.165) is 0 Å². The topological polar surface area (TPSA) is 77.2 Å². The molecule has 0 fully saturated rings. The molecule has 0 aliphatic carbocycles. The first-order chi connectivity index (χ1) is 14.6. The fraction of sp³-hybridized carbons (Fsp3) is 0.0455. The smallest absolute Gasteiger partial charge is 0.262 e.